The molecule has 0 aromatic carbocycles. The Morgan fingerprint density at radius 1 is 1.39 bits per heavy atom. The Bertz CT molecular complexity index is 531. The first kappa shape index (κ1) is 13.1. The average Bonchev–Trinajstić information content (AvgIpc) is 2.74. The number of hydrogen-bond donors (Lipinski definition) is 1. The monoisotopic (exact) mass is 265 g/mol. The molecule has 0 fully saturated rings. The summed E-state index contributed by atoms with van der Waals surface area (Å²) in [6.45, 7) is 4.28. The minimum Gasteiger partial charge on any atom is -0.390 e. The van der Waals surface area contributed by atoms with E-state index in [0.717, 1.165) is 11.4 Å². The van der Waals surface area contributed by atoms with Crippen molar-refractivity contribution in [2.75, 3.05) is 0 Å². The molecule has 0 amide bonds. The number of hydrogen-bond acceptors (Lipinski definition) is 3. The van der Waals surface area contributed by atoms with Gasteiger partial charge < -0.3 is 9.67 Å². The summed E-state index contributed by atoms with van der Waals surface area (Å²) in [5, 5.41) is 10.3. The number of imidazole rings is 1. The Morgan fingerprint density at radius 2 is 2.17 bits per heavy atom. The summed E-state index contributed by atoms with van der Waals surface area (Å²) in [6, 6.07) is 1.84. The lowest BCUT2D eigenvalue weighted by molar-refractivity contribution is 0.0663. The fourth-order valence-electron chi connectivity index (χ4n) is 1.68. The second kappa shape index (κ2) is 5.08. The van der Waals surface area contributed by atoms with Crippen LogP contribution in [0.4, 0.5) is 0 Å². The lowest BCUT2D eigenvalue weighted by atomic mass is 10.1. The molecule has 0 atom stereocenters. The van der Waals surface area contributed by atoms with Crippen LogP contribution < -0.4 is 0 Å². The normalized spacial score (nSPS) is 11.8. The fraction of sp³-hybridized carbons (Fsp3) is 0.385. The molecule has 0 saturated heterocycles. The zero-order valence-electron chi connectivity index (χ0n) is 10.5. The Balaban J connectivity index is 2.26. The summed E-state index contributed by atoms with van der Waals surface area (Å²) < 4.78 is 1.99. The zero-order valence-corrected chi connectivity index (χ0v) is 11.2. The number of halogens is 1. The summed E-state index contributed by atoms with van der Waals surface area (Å²) in [5.74, 6) is 0.798. The maximum Gasteiger partial charge on any atom is 0.141 e. The maximum absolute atomic E-state index is 9.76. The predicted octanol–water partition coefficient (Wildman–Crippen LogP) is 2.76. The highest BCUT2D eigenvalue weighted by Gasteiger charge is 2.15. The summed E-state index contributed by atoms with van der Waals surface area (Å²) in [5.41, 5.74) is 0.163. The number of aryl methyl sites for hydroxylation is 1. The molecule has 0 radical (unpaired) electrons. The van der Waals surface area contributed by atoms with Gasteiger partial charge in [-0.2, -0.15) is 0 Å². The quantitative estimate of drug-likeness (QED) is 0.925. The van der Waals surface area contributed by atoms with Crippen molar-refractivity contribution >= 4 is 11.6 Å². The van der Waals surface area contributed by atoms with Crippen LogP contribution in [-0.2, 0) is 6.54 Å². The third-order valence-corrected chi connectivity index (χ3v) is 2.99. The average molecular weight is 266 g/mol. The van der Waals surface area contributed by atoms with Crippen LogP contribution in [0.3, 0.4) is 0 Å². The molecule has 0 spiro atoms. The van der Waals surface area contributed by atoms with Crippen LogP contribution in [0, 0.1) is 0 Å². The van der Waals surface area contributed by atoms with Crippen molar-refractivity contribution in [1.29, 1.82) is 0 Å². The highest BCUT2D eigenvalue weighted by molar-refractivity contribution is 6.33. The molecule has 1 N–H and O–H groups in total. The highest BCUT2D eigenvalue weighted by atomic mass is 35.5. The van der Waals surface area contributed by atoms with Crippen molar-refractivity contribution in [3.63, 3.8) is 0 Å². The van der Waals surface area contributed by atoms with E-state index in [4.69, 9.17) is 11.6 Å². The molecule has 2 heterocycles. The molecule has 96 valence electrons. The Kier molecular flexibility index (Phi) is 3.68. The molecule has 0 bridgehead atoms. The van der Waals surface area contributed by atoms with E-state index in [1.165, 1.54) is 0 Å². The van der Waals surface area contributed by atoms with Gasteiger partial charge in [0.15, 0.2) is 0 Å². The van der Waals surface area contributed by atoms with Crippen molar-refractivity contribution in [3.05, 3.63) is 35.9 Å². The minimum atomic E-state index is -0.691. The topological polar surface area (TPSA) is 50.9 Å². The first-order valence-electron chi connectivity index (χ1n) is 5.81. The van der Waals surface area contributed by atoms with E-state index in [0.29, 0.717) is 18.0 Å². The van der Waals surface area contributed by atoms with Crippen LogP contribution in [0.15, 0.2) is 30.9 Å². The maximum atomic E-state index is 9.76. The second-order valence-corrected chi connectivity index (χ2v) is 5.27. The molecule has 2 aromatic heterocycles. The van der Waals surface area contributed by atoms with E-state index < -0.39 is 5.60 Å². The van der Waals surface area contributed by atoms with Crippen molar-refractivity contribution in [3.8, 4) is 11.4 Å². The van der Waals surface area contributed by atoms with Gasteiger partial charge in [0.2, 0.25) is 0 Å². The zero-order chi connectivity index (χ0) is 13.2. The third-order valence-electron chi connectivity index (χ3n) is 2.69. The molecule has 0 aliphatic heterocycles. The first-order valence-corrected chi connectivity index (χ1v) is 6.18. The van der Waals surface area contributed by atoms with Gasteiger partial charge in [-0.3, -0.25) is 4.98 Å². The first-order chi connectivity index (χ1) is 8.47. The van der Waals surface area contributed by atoms with E-state index in [1.807, 2.05) is 16.8 Å². The summed E-state index contributed by atoms with van der Waals surface area (Å²) in [7, 11) is 0. The molecule has 2 rings (SSSR count). The summed E-state index contributed by atoms with van der Waals surface area (Å²) >= 11 is 6.11. The van der Waals surface area contributed by atoms with Gasteiger partial charge in [-0.1, -0.05) is 11.6 Å². The van der Waals surface area contributed by atoms with Crippen LogP contribution in [0.2, 0.25) is 5.02 Å². The minimum absolute atomic E-state index is 0.577. The number of aliphatic hydroxyl groups is 1. The molecule has 0 saturated carbocycles. The van der Waals surface area contributed by atoms with Crippen molar-refractivity contribution < 1.29 is 5.11 Å². The molecular formula is C13H16ClN3O. The van der Waals surface area contributed by atoms with Crippen molar-refractivity contribution in [2.24, 2.45) is 0 Å². The number of nitrogens with zero attached hydrogens (tertiary/aromatic N) is 3. The van der Waals surface area contributed by atoms with Gasteiger partial charge in [0, 0.05) is 36.9 Å². The molecule has 4 nitrogen and oxygen atoms in total. The number of aromatic nitrogens is 3. The molecule has 0 unspecified atom stereocenters. The number of rotatable bonds is 4. The van der Waals surface area contributed by atoms with E-state index in [1.54, 1.807) is 32.4 Å². The van der Waals surface area contributed by atoms with Gasteiger partial charge in [0.05, 0.1) is 10.6 Å². The Morgan fingerprint density at radius 3 is 2.83 bits per heavy atom. The Labute approximate surface area is 111 Å². The number of pyridine rings is 1. The van der Waals surface area contributed by atoms with Crippen LogP contribution in [0.25, 0.3) is 11.4 Å². The van der Waals surface area contributed by atoms with E-state index in [-0.39, 0.29) is 0 Å². The van der Waals surface area contributed by atoms with Crippen LogP contribution in [0.1, 0.15) is 20.3 Å². The SMILES string of the molecule is CC(C)(O)CCn1ccnc1-c1ccncc1Cl. The van der Waals surface area contributed by atoms with E-state index in [9.17, 15) is 5.11 Å². The van der Waals surface area contributed by atoms with Crippen LogP contribution in [0.5, 0.6) is 0 Å². The van der Waals surface area contributed by atoms with Crippen molar-refractivity contribution in [1.82, 2.24) is 14.5 Å². The molecular weight excluding hydrogens is 250 g/mol. The molecule has 5 heteroatoms. The van der Waals surface area contributed by atoms with Gasteiger partial charge in [0.25, 0.3) is 0 Å². The van der Waals surface area contributed by atoms with Crippen LogP contribution in [-0.4, -0.2) is 25.2 Å². The largest absolute Gasteiger partial charge is 0.390 e. The lowest BCUT2D eigenvalue weighted by Crippen LogP contribution is -2.21. The standard InChI is InChI=1S/C13H16ClN3O/c1-13(2,18)4-7-17-8-6-16-12(17)10-3-5-15-9-11(10)14/h3,5-6,8-9,18H,4,7H2,1-2H3. The van der Waals surface area contributed by atoms with Crippen LogP contribution >= 0.6 is 11.6 Å². The van der Waals surface area contributed by atoms with Gasteiger partial charge in [-0.15, -0.1) is 0 Å². The van der Waals surface area contributed by atoms with E-state index >= 15 is 0 Å². The smallest absolute Gasteiger partial charge is 0.141 e. The predicted molar refractivity (Wildman–Crippen MR) is 71.4 cm³/mol. The Hall–Kier alpha value is -1.39. The fourth-order valence-corrected chi connectivity index (χ4v) is 1.89. The highest BCUT2D eigenvalue weighted by Crippen LogP contribution is 2.25. The van der Waals surface area contributed by atoms with Gasteiger partial charge in [-0.25, -0.2) is 4.98 Å². The van der Waals surface area contributed by atoms with Gasteiger partial charge in [0.1, 0.15) is 5.82 Å². The van der Waals surface area contributed by atoms with Gasteiger partial charge >= 0.3 is 0 Å². The summed E-state index contributed by atoms with van der Waals surface area (Å²) in [6.07, 6.45) is 7.56. The molecule has 0 aliphatic carbocycles. The molecule has 18 heavy (non-hydrogen) atoms. The van der Waals surface area contributed by atoms with Gasteiger partial charge in [-0.05, 0) is 26.3 Å². The van der Waals surface area contributed by atoms with E-state index in [2.05, 4.69) is 9.97 Å². The molecule has 2 aromatic rings. The summed E-state index contributed by atoms with van der Waals surface area (Å²) in [4.78, 5) is 8.28. The van der Waals surface area contributed by atoms with Crippen molar-refractivity contribution in [2.45, 2.75) is 32.4 Å². The lowest BCUT2D eigenvalue weighted by Gasteiger charge is -2.18. The second-order valence-electron chi connectivity index (χ2n) is 4.86. The molecule has 0 aliphatic rings. The third kappa shape index (κ3) is 3.09.